The molecule has 3 N–H and O–H groups in total. The first-order chi connectivity index (χ1) is 8.59. The van der Waals surface area contributed by atoms with Gasteiger partial charge in [-0.2, -0.15) is 0 Å². The van der Waals surface area contributed by atoms with Crippen LogP contribution in [0.1, 0.15) is 10.5 Å². The highest BCUT2D eigenvalue weighted by molar-refractivity contribution is 6.00. The monoisotopic (exact) mass is 243 g/mol. The SMILES string of the molecule is O=C(O)c1ccc2c(=C(O)O)ccc3ccn1c32. The second-order valence-corrected chi connectivity index (χ2v) is 4.00. The lowest BCUT2D eigenvalue weighted by atomic mass is 10.1. The zero-order valence-corrected chi connectivity index (χ0v) is 9.16. The van der Waals surface area contributed by atoms with Crippen molar-refractivity contribution in [3.63, 3.8) is 0 Å². The summed E-state index contributed by atoms with van der Waals surface area (Å²) in [4.78, 5) is 11.1. The van der Waals surface area contributed by atoms with Gasteiger partial charge in [0.25, 0.3) is 5.95 Å². The molecule has 18 heavy (non-hydrogen) atoms. The number of aromatic carboxylic acids is 1. The number of hydrogen-bond donors (Lipinski definition) is 3. The number of aliphatic hydroxyl groups excluding tert-OH is 1. The highest BCUT2D eigenvalue weighted by atomic mass is 16.5. The van der Waals surface area contributed by atoms with Gasteiger partial charge in [-0.25, -0.2) is 4.79 Å². The van der Waals surface area contributed by atoms with E-state index in [1.54, 1.807) is 30.5 Å². The van der Waals surface area contributed by atoms with Gasteiger partial charge < -0.3 is 19.7 Å². The molecule has 0 aliphatic heterocycles. The van der Waals surface area contributed by atoms with E-state index in [-0.39, 0.29) is 10.9 Å². The predicted octanol–water partition coefficient (Wildman–Crippen LogP) is 1.69. The molecule has 0 radical (unpaired) electrons. The van der Waals surface area contributed by atoms with Gasteiger partial charge in [0.2, 0.25) is 0 Å². The van der Waals surface area contributed by atoms with Gasteiger partial charge in [0.1, 0.15) is 5.69 Å². The minimum Gasteiger partial charge on any atom is -0.481 e. The Morgan fingerprint density at radius 3 is 2.44 bits per heavy atom. The maximum atomic E-state index is 11.1. The van der Waals surface area contributed by atoms with Crippen LogP contribution in [0, 0.1) is 0 Å². The molecule has 3 aromatic rings. The summed E-state index contributed by atoms with van der Waals surface area (Å²) >= 11 is 0. The summed E-state index contributed by atoms with van der Waals surface area (Å²) in [6.45, 7) is 0. The Morgan fingerprint density at radius 1 is 1.00 bits per heavy atom. The molecule has 0 saturated heterocycles. The largest absolute Gasteiger partial charge is 0.481 e. The van der Waals surface area contributed by atoms with Crippen molar-refractivity contribution in [3.05, 3.63) is 47.4 Å². The summed E-state index contributed by atoms with van der Waals surface area (Å²) in [6.07, 6.45) is 1.65. The fourth-order valence-electron chi connectivity index (χ4n) is 2.24. The number of aromatic nitrogens is 1. The summed E-state index contributed by atoms with van der Waals surface area (Å²) in [5, 5.41) is 29.3. The third kappa shape index (κ3) is 1.24. The van der Waals surface area contributed by atoms with E-state index < -0.39 is 11.9 Å². The number of nitrogens with zero attached hydrogens (tertiary/aromatic N) is 1. The van der Waals surface area contributed by atoms with E-state index in [1.165, 1.54) is 10.5 Å². The maximum absolute atomic E-state index is 11.1. The summed E-state index contributed by atoms with van der Waals surface area (Å²) in [6, 6.07) is 8.11. The molecule has 0 amide bonds. The Labute approximate surface area is 101 Å². The maximum Gasteiger partial charge on any atom is 0.352 e. The van der Waals surface area contributed by atoms with Gasteiger partial charge in [-0.1, -0.05) is 6.07 Å². The average molecular weight is 243 g/mol. The first kappa shape index (κ1) is 10.5. The number of benzene rings is 1. The Bertz CT molecular complexity index is 828. The normalized spacial score (nSPS) is 11.1. The predicted molar refractivity (Wildman–Crippen MR) is 65.7 cm³/mol. The van der Waals surface area contributed by atoms with Gasteiger partial charge in [0.15, 0.2) is 0 Å². The van der Waals surface area contributed by atoms with Crippen molar-refractivity contribution in [2.75, 3.05) is 0 Å². The van der Waals surface area contributed by atoms with E-state index in [2.05, 4.69) is 0 Å². The van der Waals surface area contributed by atoms with E-state index in [9.17, 15) is 15.0 Å². The molecule has 0 bridgehead atoms. The lowest BCUT2D eigenvalue weighted by Crippen LogP contribution is -2.10. The molecule has 0 spiro atoms. The van der Waals surface area contributed by atoms with Crippen LogP contribution in [0.4, 0.5) is 0 Å². The van der Waals surface area contributed by atoms with Gasteiger partial charge in [-0.3, -0.25) is 0 Å². The van der Waals surface area contributed by atoms with Crippen molar-refractivity contribution < 1.29 is 20.1 Å². The number of pyridine rings is 1. The molecular weight excluding hydrogens is 234 g/mol. The molecule has 0 atom stereocenters. The lowest BCUT2D eigenvalue weighted by Gasteiger charge is -2.05. The van der Waals surface area contributed by atoms with Gasteiger partial charge in [0.05, 0.1) is 10.7 Å². The zero-order valence-electron chi connectivity index (χ0n) is 9.16. The molecule has 0 fully saturated rings. The third-order valence-corrected chi connectivity index (χ3v) is 3.02. The van der Waals surface area contributed by atoms with Crippen LogP contribution in [0.15, 0.2) is 36.5 Å². The van der Waals surface area contributed by atoms with E-state index in [0.717, 1.165) is 5.39 Å². The average Bonchev–Trinajstić information content (AvgIpc) is 2.75. The van der Waals surface area contributed by atoms with E-state index in [4.69, 9.17) is 5.11 Å². The highest BCUT2D eigenvalue weighted by Gasteiger charge is 2.12. The lowest BCUT2D eigenvalue weighted by molar-refractivity contribution is 0.0689. The van der Waals surface area contributed by atoms with Crippen molar-refractivity contribution in [2.45, 2.75) is 0 Å². The number of aliphatic hydroxyl groups is 2. The van der Waals surface area contributed by atoms with Gasteiger partial charge in [-0.05, 0) is 24.3 Å². The fourth-order valence-corrected chi connectivity index (χ4v) is 2.24. The van der Waals surface area contributed by atoms with Crippen molar-refractivity contribution >= 4 is 28.2 Å². The summed E-state index contributed by atoms with van der Waals surface area (Å²) in [5.74, 6) is -1.81. The molecule has 2 aromatic heterocycles. The number of rotatable bonds is 1. The smallest absolute Gasteiger partial charge is 0.352 e. The molecule has 5 nitrogen and oxygen atoms in total. The first-order valence-electron chi connectivity index (χ1n) is 5.27. The van der Waals surface area contributed by atoms with Gasteiger partial charge in [-0.15, -0.1) is 0 Å². The molecule has 0 aliphatic carbocycles. The standard InChI is InChI=1S/C13H9NO4/c15-12(16)9-2-1-7-5-6-14-10(13(17)18)4-3-8(9)11(7)14/h1-6,15-16H,(H,17,18). The second kappa shape index (κ2) is 3.40. The second-order valence-electron chi connectivity index (χ2n) is 4.00. The van der Waals surface area contributed by atoms with Crippen molar-refractivity contribution in [1.82, 2.24) is 4.40 Å². The molecule has 5 heteroatoms. The number of carboxylic acids is 1. The Kier molecular flexibility index (Phi) is 1.98. The molecular formula is C13H9NO4. The van der Waals surface area contributed by atoms with Crippen LogP contribution in [0.25, 0.3) is 22.2 Å². The van der Waals surface area contributed by atoms with E-state index in [1.807, 2.05) is 0 Å². The quantitative estimate of drug-likeness (QED) is 0.607. The Morgan fingerprint density at radius 2 is 1.78 bits per heavy atom. The van der Waals surface area contributed by atoms with E-state index in [0.29, 0.717) is 10.9 Å². The molecule has 0 saturated carbocycles. The van der Waals surface area contributed by atoms with Crippen LogP contribution in [-0.2, 0) is 0 Å². The van der Waals surface area contributed by atoms with Gasteiger partial charge in [0, 0.05) is 17.0 Å². The minimum absolute atomic E-state index is 0.132. The van der Waals surface area contributed by atoms with Gasteiger partial charge >= 0.3 is 5.97 Å². The first-order valence-corrected chi connectivity index (χ1v) is 5.27. The molecule has 1 aromatic carbocycles. The number of carbonyl (C=O) groups is 1. The molecule has 2 heterocycles. The van der Waals surface area contributed by atoms with Crippen molar-refractivity contribution in [3.8, 4) is 0 Å². The van der Waals surface area contributed by atoms with Crippen LogP contribution < -0.4 is 5.22 Å². The molecule has 0 unspecified atom stereocenters. The van der Waals surface area contributed by atoms with Crippen molar-refractivity contribution in [1.29, 1.82) is 0 Å². The number of hydrogen-bond acceptors (Lipinski definition) is 3. The van der Waals surface area contributed by atoms with Crippen LogP contribution in [0.3, 0.4) is 0 Å². The minimum atomic E-state index is -1.03. The summed E-state index contributed by atoms with van der Waals surface area (Å²) in [5.41, 5.74) is 0.792. The van der Waals surface area contributed by atoms with Crippen molar-refractivity contribution in [2.24, 2.45) is 0 Å². The molecule has 0 aliphatic rings. The summed E-state index contributed by atoms with van der Waals surface area (Å²) in [7, 11) is 0. The Hall–Kier alpha value is -2.69. The van der Waals surface area contributed by atoms with Crippen LogP contribution in [-0.4, -0.2) is 25.7 Å². The van der Waals surface area contributed by atoms with E-state index >= 15 is 0 Å². The summed E-state index contributed by atoms with van der Waals surface area (Å²) < 4.78 is 1.53. The van der Waals surface area contributed by atoms with Crippen LogP contribution in [0.5, 0.6) is 0 Å². The van der Waals surface area contributed by atoms with Crippen LogP contribution in [0.2, 0.25) is 0 Å². The fraction of sp³-hybridized carbons (Fsp3) is 0. The number of carboxylic acid groups (broad SMARTS) is 1. The topological polar surface area (TPSA) is 82.2 Å². The molecule has 3 rings (SSSR count). The third-order valence-electron chi connectivity index (χ3n) is 3.02. The zero-order chi connectivity index (χ0) is 12.9. The molecule has 90 valence electrons. The van der Waals surface area contributed by atoms with Crippen LogP contribution >= 0.6 is 0 Å². The Balaban J connectivity index is 2.62. The highest BCUT2D eigenvalue weighted by Crippen LogP contribution is 2.21.